The fraction of sp³-hybridized carbons (Fsp3) is 0.250. The first-order chi connectivity index (χ1) is 9.72. The van der Waals surface area contributed by atoms with Gasteiger partial charge in [-0.2, -0.15) is 0 Å². The molecule has 0 spiro atoms. The maximum atomic E-state index is 10.0. The second-order valence-corrected chi connectivity index (χ2v) is 4.57. The van der Waals surface area contributed by atoms with Gasteiger partial charge < -0.3 is 20.7 Å². The van der Waals surface area contributed by atoms with Crippen LogP contribution in [0.2, 0.25) is 0 Å². The number of hydrogen-bond donors (Lipinski definition) is 3. The third-order valence-electron chi connectivity index (χ3n) is 3.11. The van der Waals surface area contributed by atoms with Crippen LogP contribution in [-0.2, 0) is 13.2 Å². The first kappa shape index (κ1) is 14.5. The van der Waals surface area contributed by atoms with Crippen LogP contribution in [0.4, 0.5) is 0 Å². The summed E-state index contributed by atoms with van der Waals surface area (Å²) in [5, 5.41) is 19.0. The highest BCUT2D eigenvalue weighted by Gasteiger charge is 2.08. The summed E-state index contributed by atoms with van der Waals surface area (Å²) in [6, 6.07) is 14.6. The summed E-state index contributed by atoms with van der Waals surface area (Å²) >= 11 is 0. The van der Waals surface area contributed by atoms with E-state index in [1.54, 1.807) is 24.3 Å². The van der Waals surface area contributed by atoms with E-state index in [0.29, 0.717) is 12.3 Å². The highest BCUT2D eigenvalue weighted by molar-refractivity contribution is 5.27. The van der Waals surface area contributed by atoms with Crippen LogP contribution in [0, 0.1) is 0 Å². The average Bonchev–Trinajstić information content (AvgIpc) is 2.53. The molecule has 0 aliphatic heterocycles. The Labute approximate surface area is 118 Å². The molecule has 0 saturated carbocycles. The van der Waals surface area contributed by atoms with Crippen molar-refractivity contribution in [3.05, 3.63) is 65.2 Å². The van der Waals surface area contributed by atoms with Gasteiger partial charge in [-0.05, 0) is 28.8 Å². The SMILES string of the molecule is NCc1ccc(C(O)COc2ccc(CO)cc2)cc1. The second-order valence-electron chi connectivity index (χ2n) is 4.57. The zero-order chi connectivity index (χ0) is 14.4. The van der Waals surface area contributed by atoms with Gasteiger partial charge in [0, 0.05) is 6.54 Å². The minimum atomic E-state index is -0.681. The zero-order valence-corrected chi connectivity index (χ0v) is 11.2. The second kappa shape index (κ2) is 7.05. The van der Waals surface area contributed by atoms with E-state index in [0.717, 1.165) is 16.7 Å². The molecule has 0 saturated heterocycles. The summed E-state index contributed by atoms with van der Waals surface area (Å²) in [6.45, 7) is 0.681. The van der Waals surface area contributed by atoms with Crippen molar-refractivity contribution in [1.82, 2.24) is 0 Å². The van der Waals surface area contributed by atoms with Crippen molar-refractivity contribution in [2.45, 2.75) is 19.3 Å². The van der Waals surface area contributed by atoms with Crippen LogP contribution in [0.1, 0.15) is 22.8 Å². The van der Waals surface area contributed by atoms with Gasteiger partial charge >= 0.3 is 0 Å². The van der Waals surface area contributed by atoms with E-state index in [1.807, 2.05) is 24.3 Å². The number of ether oxygens (including phenoxy) is 1. The first-order valence-corrected chi connectivity index (χ1v) is 6.52. The van der Waals surface area contributed by atoms with E-state index in [4.69, 9.17) is 15.6 Å². The monoisotopic (exact) mass is 273 g/mol. The van der Waals surface area contributed by atoms with E-state index >= 15 is 0 Å². The Morgan fingerprint density at radius 2 is 1.55 bits per heavy atom. The molecule has 20 heavy (non-hydrogen) atoms. The number of rotatable bonds is 6. The van der Waals surface area contributed by atoms with Crippen molar-refractivity contribution in [3.63, 3.8) is 0 Å². The highest BCUT2D eigenvalue weighted by Crippen LogP contribution is 2.17. The molecule has 4 nitrogen and oxygen atoms in total. The van der Waals surface area contributed by atoms with E-state index in [1.165, 1.54) is 0 Å². The lowest BCUT2D eigenvalue weighted by Crippen LogP contribution is -2.10. The Morgan fingerprint density at radius 3 is 2.10 bits per heavy atom. The molecule has 2 aromatic carbocycles. The standard InChI is InChI=1S/C16H19NO3/c17-9-12-1-5-14(6-2-12)16(19)11-20-15-7-3-13(10-18)4-8-15/h1-8,16,18-19H,9-11,17H2. The van der Waals surface area contributed by atoms with Crippen molar-refractivity contribution < 1.29 is 14.9 Å². The van der Waals surface area contributed by atoms with Gasteiger partial charge in [0.15, 0.2) is 0 Å². The predicted molar refractivity (Wildman–Crippen MR) is 77.2 cm³/mol. The van der Waals surface area contributed by atoms with Gasteiger partial charge in [-0.25, -0.2) is 0 Å². The molecule has 0 radical (unpaired) electrons. The van der Waals surface area contributed by atoms with Gasteiger partial charge in [0.25, 0.3) is 0 Å². The lowest BCUT2D eigenvalue weighted by atomic mass is 10.1. The summed E-state index contributed by atoms with van der Waals surface area (Å²) in [5.74, 6) is 0.667. The van der Waals surface area contributed by atoms with E-state index in [2.05, 4.69) is 0 Å². The smallest absolute Gasteiger partial charge is 0.119 e. The summed E-state index contributed by atoms with van der Waals surface area (Å²) in [6.07, 6.45) is -0.681. The molecule has 1 unspecified atom stereocenters. The van der Waals surface area contributed by atoms with Crippen LogP contribution in [-0.4, -0.2) is 16.8 Å². The molecule has 0 heterocycles. The molecule has 0 fully saturated rings. The minimum absolute atomic E-state index is 0.0103. The molecule has 0 amide bonds. The number of aliphatic hydroxyl groups excluding tert-OH is 2. The Hall–Kier alpha value is -1.88. The van der Waals surface area contributed by atoms with Crippen LogP contribution in [0.3, 0.4) is 0 Å². The van der Waals surface area contributed by atoms with Gasteiger partial charge in [0.05, 0.1) is 6.61 Å². The van der Waals surface area contributed by atoms with Crippen molar-refractivity contribution in [3.8, 4) is 5.75 Å². The van der Waals surface area contributed by atoms with Crippen molar-refractivity contribution in [1.29, 1.82) is 0 Å². The summed E-state index contributed by atoms with van der Waals surface area (Å²) in [7, 11) is 0. The quantitative estimate of drug-likeness (QED) is 0.749. The van der Waals surface area contributed by atoms with Crippen molar-refractivity contribution in [2.24, 2.45) is 5.73 Å². The number of benzene rings is 2. The molecule has 0 aliphatic rings. The fourth-order valence-corrected chi connectivity index (χ4v) is 1.84. The Kier molecular flexibility index (Phi) is 5.12. The largest absolute Gasteiger partial charge is 0.491 e. The van der Waals surface area contributed by atoms with Crippen molar-refractivity contribution >= 4 is 0 Å². The Balaban J connectivity index is 1.91. The average molecular weight is 273 g/mol. The highest BCUT2D eigenvalue weighted by atomic mass is 16.5. The predicted octanol–water partition coefficient (Wildman–Crippen LogP) is 1.75. The third-order valence-corrected chi connectivity index (χ3v) is 3.11. The number of hydrogen-bond acceptors (Lipinski definition) is 4. The van der Waals surface area contributed by atoms with Crippen LogP contribution in [0.5, 0.6) is 5.75 Å². The lowest BCUT2D eigenvalue weighted by Gasteiger charge is -2.13. The Morgan fingerprint density at radius 1 is 0.950 bits per heavy atom. The van der Waals surface area contributed by atoms with Gasteiger partial charge in [-0.15, -0.1) is 0 Å². The van der Waals surface area contributed by atoms with E-state index in [-0.39, 0.29) is 13.2 Å². The maximum Gasteiger partial charge on any atom is 0.119 e. The molecule has 1 atom stereocenters. The lowest BCUT2D eigenvalue weighted by molar-refractivity contribution is 0.108. The molecule has 2 rings (SSSR count). The van der Waals surface area contributed by atoms with Gasteiger partial charge in [0.2, 0.25) is 0 Å². The molecule has 106 valence electrons. The Bertz CT molecular complexity index is 522. The molecule has 0 bridgehead atoms. The van der Waals surface area contributed by atoms with Crippen LogP contribution < -0.4 is 10.5 Å². The van der Waals surface area contributed by atoms with E-state index in [9.17, 15) is 5.11 Å². The van der Waals surface area contributed by atoms with Gasteiger partial charge in [0.1, 0.15) is 18.5 Å². The summed E-state index contributed by atoms with van der Waals surface area (Å²) in [5.41, 5.74) is 8.19. The van der Waals surface area contributed by atoms with E-state index < -0.39 is 6.10 Å². The summed E-state index contributed by atoms with van der Waals surface area (Å²) < 4.78 is 5.52. The molecule has 4 N–H and O–H groups in total. The molecule has 0 aromatic heterocycles. The first-order valence-electron chi connectivity index (χ1n) is 6.52. The number of nitrogens with two attached hydrogens (primary N) is 1. The fourth-order valence-electron chi connectivity index (χ4n) is 1.84. The van der Waals surface area contributed by atoms with Crippen molar-refractivity contribution in [2.75, 3.05) is 6.61 Å². The molecular weight excluding hydrogens is 254 g/mol. The minimum Gasteiger partial charge on any atom is -0.491 e. The normalized spacial score (nSPS) is 12.2. The van der Waals surface area contributed by atoms with Crippen LogP contribution >= 0.6 is 0 Å². The molecule has 4 heteroatoms. The third kappa shape index (κ3) is 3.81. The van der Waals surface area contributed by atoms with Crippen LogP contribution in [0.15, 0.2) is 48.5 Å². The van der Waals surface area contributed by atoms with Gasteiger partial charge in [-0.1, -0.05) is 36.4 Å². The topological polar surface area (TPSA) is 75.7 Å². The molecule has 0 aliphatic carbocycles. The maximum absolute atomic E-state index is 10.0. The summed E-state index contributed by atoms with van der Waals surface area (Å²) in [4.78, 5) is 0. The number of aliphatic hydroxyl groups is 2. The molecule has 2 aromatic rings. The van der Waals surface area contributed by atoms with Gasteiger partial charge in [-0.3, -0.25) is 0 Å². The van der Waals surface area contributed by atoms with Crippen LogP contribution in [0.25, 0.3) is 0 Å². The molecular formula is C16H19NO3. The zero-order valence-electron chi connectivity index (χ0n) is 11.2.